The van der Waals surface area contributed by atoms with Crippen molar-refractivity contribution in [1.82, 2.24) is 15.5 Å². The highest BCUT2D eigenvalue weighted by Crippen LogP contribution is 2.29. The summed E-state index contributed by atoms with van der Waals surface area (Å²) in [6.07, 6.45) is 0. The number of carbonyl (C=O) groups excluding carboxylic acids is 1. The number of benzene rings is 4. The lowest BCUT2D eigenvalue weighted by Crippen LogP contribution is -2.22. The Labute approximate surface area is 188 Å². The van der Waals surface area contributed by atoms with Gasteiger partial charge in [0.15, 0.2) is 11.6 Å². The van der Waals surface area contributed by atoms with Crippen LogP contribution >= 0.6 is 0 Å². The van der Waals surface area contributed by atoms with Crippen LogP contribution in [0.5, 0.6) is 0 Å². The molecule has 0 spiro atoms. The minimum Gasteiger partial charge on any atom is -0.348 e. The summed E-state index contributed by atoms with van der Waals surface area (Å²) in [6, 6.07) is 27.0. The number of fused-ring (bicyclic) bond motifs is 1. The molecule has 4 nitrogen and oxygen atoms in total. The lowest BCUT2D eigenvalue weighted by molar-refractivity contribution is 0.0951. The molecule has 0 fully saturated rings. The minimum atomic E-state index is -0.937. The molecule has 0 saturated carbocycles. The van der Waals surface area contributed by atoms with Crippen LogP contribution in [0.15, 0.2) is 91.0 Å². The number of nitrogens with zero attached hydrogens (tertiary/aromatic N) is 1. The first-order valence-electron chi connectivity index (χ1n) is 10.4. The lowest BCUT2D eigenvalue weighted by Gasteiger charge is -2.06. The van der Waals surface area contributed by atoms with Crippen LogP contribution in [-0.2, 0) is 6.54 Å². The van der Waals surface area contributed by atoms with Crippen molar-refractivity contribution in [2.45, 2.75) is 6.54 Å². The zero-order valence-corrected chi connectivity index (χ0v) is 17.5. The van der Waals surface area contributed by atoms with E-state index in [9.17, 15) is 13.6 Å². The maximum atomic E-state index is 13.3. The Morgan fingerprint density at radius 3 is 2.45 bits per heavy atom. The summed E-state index contributed by atoms with van der Waals surface area (Å²) in [5.74, 6) is -2.15. The highest BCUT2D eigenvalue weighted by atomic mass is 19.2. The molecule has 1 amide bonds. The fourth-order valence-electron chi connectivity index (χ4n) is 3.79. The van der Waals surface area contributed by atoms with Crippen molar-refractivity contribution in [3.05, 3.63) is 114 Å². The van der Waals surface area contributed by atoms with Crippen LogP contribution in [0.2, 0.25) is 0 Å². The van der Waals surface area contributed by atoms with E-state index in [-0.39, 0.29) is 12.5 Å². The van der Waals surface area contributed by atoms with Crippen molar-refractivity contribution in [3.8, 4) is 22.5 Å². The van der Waals surface area contributed by atoms with Crippen molar-refractivity contribution in [3.63, 3.8) is 0 Å². The maximum Gasteiger partial charge on any atom is 0.251 e. The Hall–Kier alpha value is -4.32. The number of aromatic amines is 1. The van der Waals surface area contributed by atoms with Gasteiger partial charge in [-0.25, -0.2) is 8.78 Å². The molecule has 5 aromatic rings. The molecule has 0 atom stereocenters. The Balaban J connectivity index is 1.31. The fraction of sp³-hybridized carbons (Fsp3) is 0.0370. The number of halogens is 2. The van der Waals surface area contributed by atoms with E-state index in [2.05, 4.69) is 39.8 Å². The number of H-pyrrole nitrogens is 1. The molecule has 0 bridgehead atoms. The van der Waals surface area contributed by atoms with Crippen molar-refractivity contribution in [2.75, 3.05) is 0 Å². The van der Waals surface area contributed by atoms with E-state index in [0.717, 1.165) is 45.4 Å². The SMILES string of the molecule is O=C(NCc1ccc(F)c(F)c1)c1ccc(-c2cc(-c3cccc4ccccc34)[nH]n2)cc1. The Kier molecular flexibility index (Phi) is 5.40. The molecule has 4 aromatic carbocycles. The predicted octanol–water partition coefficient (Wildman–Crippen LogP) is 6.11. The standard InChI is InChI=1S/C27H19F2N3O/c28-23-13-8-17(14-24(23)29)16-30-27(33)20-11-9-19(10-12-20)25-15-26(32-31-25)22-7-3-5-18-4-1-2-6-21(18)22/h1-15H,16H2,(H,30,33)(H,31,32). The van der Waals surface area contributed by atoms with Crippen LogP contribution in [0.3, 0.4) is 0 Å². The highest BCUT2D eigenvalue weighted by molar-refractivity contribution is 5.96. The molecule has 5 rings (SSSR count). The average Bonchev–Trinajstić information content (AvgIpc) is 3.34. The van der Waals surface area contributed by atoms with Crippen molar-refractivity contribution < 1.29 is 13.6 Å². The van der Waals surface area contributed by atoms with Gasteiger partial charge in [-0.1, -0.05) is 60.7 Å². The topological polar surface area (TPSA) is 57.8 Å². The fourth-order valence-corrected chi connectivity index (χ4v) is 3.79. The van der Waals surface area contributed by atoms with Gasteiger partial charge in [-0.3, -0.25) is 9.89 Å². The molecule has 0 saturated heterocycles. The molecule has 0 aliphatic carbocycles. The normalized spacial score (nSPS) is 11.0. The molecular weight excluding hydrogens is 420 g/mol. The van der Waals surface area contributed by atoms with Gasteiger partial charge < -0.3 is 5.32 Å². The summed E-state index contributed by atoms with van der Waals surface area (Å²) in [5.41, 5.74) is 4.57. The summed E-state index contributed by atoms with van der Waals surface area (Å²) in [4.78, 5) is 12.4. The number of amides is 1. The molecule has 0 unspecified atom stereocenters. The average molecular weight is 439 g/mol. The molecule has 2 N–H and O–H groups in total. The van der Waals surface area contributed by atoms with Gasteiger partial charge >= 0.3 is 0 Å². The monoisotopic (exact) mass is 439 g/mol. The number of aromatic nitrogens is 2. The van der Waals surface area contributed by atoms with E-state index in [1.165, 1.54) is 6.07 Å². The highest BCUT2D eigenvalue weighted by Gasteiger charge is 2.11. The summed E-state index contributed by atoms with van der Waals surface area (Å²) < 4.78 is 26.4. The number of nitrogens with one attached hydrogen (secondary N) is 2. The number of carbonyl (C=O) groups is 1. The van der Waals surface area contributed by atoms with Crippen LogP contribution in [-0.4, -0.2) is 16.1 Å². The molecule has 6 heteroatoms. The lowest BCUT2D eigenvalue weighted by atomic mass is 10.0. The van der Waals surface area contributed by atoms with Crippen LogP contribution < -0.4 is 5.32 Å². The van der Waals surface area contributed by atoms with Gasteiger partial charge in [0.2, 0.25) is 0 Å². The van der Waals surface area contributed by atoms with E-state index in [0.29, 0.717) is 11.1 Å². The number of hydrogen-bond acceptors (Lipinski definition) is 2. The number of hydrogen-bond donors (Lipinski definition) is 2. The first kappa shape index (κ1) is 20.6. The van der Waals surface area contributed by atoms with E-state index < -0.39 is 11.6 Å². The molecule has 1 aromatic heterocycles. The smallest absolute Gasteiger partial charge is 0.251 e. The third-order valence-corrected chi connectivity index (χ3v) is 5.54. The molecular formula is C27H19F2N3O. The second kappa shape index (κ2) is 8.67. The zero-order valence-electron chi connectivity index (χ0n) is 17.5. The van der Waals surface area contributed by atoms with Crippen LogP contribution in [0.1, 0.15) is 15.9 Å². The number of rotatable bonds is 5. The van der Waals surface area contributed by atoms with E-state index in [4.69, 9.17) is 0 Å². The van der Waals surface area contributed by atoms with Gasteiger partial charge in [0, 0.05) is 23.2 Å². The summed E-state index contributed by atoms with van der Waals surface area (Å²) in [7, 11) is 0. The minimum absolute atomic E-state index is 0.103. The zero-order chi connectivity index (χ0) is 22.8. The van der Waals surface area contributed by atoms with Crippen molar-refractivity contribution in [1.29, 1.82) is 0 Å². The van der Waals surface area contributed by atoms with Gasteiger partial charge in [-0.2, -0.15) is 5.10 Å². The second-order valence-electron chi connectivity index (χ2n) is 7.70. The van der Waals surface area contributed by atoms with Crippen LogP contribution in [0.25, 0.3) is 33.3 Å². The largest absolute Gasteiger partial charge is 0.348 e. The van der Waals surface area contributed by atoms with Crippen LogP contribution in [0.4, 0.5) is 8.78 Å². The second-order valence-corrected chi connectivity index (χ2v) is 7.70. The van der Waals surface area contributed by atoms with Crippen molar-refractivity contribution >= 4 is 16.7 Å². The molecule has 1 heterocycles. The van der Waals surface area contributed by atoms with Gasteiger partial charge in [0.1, 0.15) is 0 Å². The summed E-state index contributed by atoms with van der Waals surface area (Å²) in [6.45, 7) is 0.103. The quantitative estimate of drug-likeness (QED) is 0.347. The Morgan fingerprint density at radius 2 is 1.64 bits per heavy atom. The van der Waals surface area contributed by atoms with Gasteiger partial charge in [0.25, 0.3) is 5.91 Å². The summed E-state index contributed by atoms with van der Waals surface area (Å²) >= 11 is 0. The Morgan fingerprint density at radius 1 is 0.848 bits per heavy atom. The van der Waals surface area contributed by atoms with Gasteiger partial charge in [-0.15, -0.1) is 0 Å². The van der Waals surface area contributed by atoms with Crippen molar-refractivity contribution in [2.24, 2.45) is 0 Å². The maximum absolute atomic E-state index is 13.3. The third-order valence-electron chi connectivity index (χ3n) is 5.54. The first-order valence-corrected chi connectivity index (χ1v) is 10.4. The third kappa shape index (κ3) is 4.23. The molecule has 0 radical (unpaired) electrons. The summed E-state index contributed by atoms with van der Waals surface area (Å²) in [5, 5.41) is 12.6. The van der Waals surface area contributed by atoms with E-state index >= 15 is 0 Å². The Bertz CT molecular complexity index is 1450. The van der Waals surface area contributed by atoms with Gasteiger partial charge in [0.05, 0.1) is 11.4 Å². The van der Waals surface area contributed by atoms with Crippen LogP contribution in [0, 0.1) is 11.6 Å². The van der Waals surface area contributed by atoms with Gasteiger partial charge in [-0.05, 0) is 46.7 Å². The predicted molar refractivity (Wildman–Crippen MR) is 124 cm³/mol. The van der Waals surface area contributed by atoms with E-state index in [1.54, 1.807) is 12.1 Å². The molecule has 0 aliphatic rings. The molecule has 33 heavy (non-hydrogen) atoms. The molecule has 162 valence electrons. The van der Waals surface area contributed by atoms with E-state index in [1.807, 2.05) is 36.4 Å². The first-order chi connectivity index (χ1) is 16.1. The molecule has 0 aliphatic heterocycles.